The van der Waals surface area contributed by atoms with Gasteiger partial charge in [-0.2, -0.15) is 0 Å². The van der Waals surface area contributed by atoms with Crippen LogP contribution in [0.4, 0.5) is 0 Å². The fraction of sp³-hybridized carbons (Fsp3) is 0.500. The van der Waals surface area contributed by atoms with Gasteiger partial charge in [-0.05, 0) is 25.7 Å². The Balaban J connectivity index is 1.75. The van der Waals surface area contributed by atoms with Gasteiger partial charge in [0.15, 0.2) is 13.2 Å². The molecule has 0 saturated heterocycles. The Morgan fingerprint density at radius 3 is 1.32 bits per heavy atom. The quantitative estimate of drug-likeness (QED) is 0.396. The van der Waals surface area contributed by atoms with Gasteiger partial charge >= 0.3 is 23.9 Å². The van der Waals surface area contributed by atoms with Crippen molar-refractivity contribution >= 4 is 23.9 Å². The SMILES string of the molecule is O=C(OCC#CCOC(=O)[C@H]1CC=CC[C@H]1C(=O)O)[C@H]1CC=CC[C@H]1C(=O)O. The predicted molar refractivity (Wildman–Crippen MR) is 95.7 cm³/mol. The van der Waals surface area contributed by atoms with Crippen molar-refractivity contribution in [2.24, 2.45) is 23.7 Å². The van der Waals surface area contributed by atoms with E-state index in [1.807, 2.05) is 0 Å². The van der Waals surface area contributed by atoms with Gasteiger partial charge in [-0.3, -0.25) is 19.2 Å². The minimum Gasteiger partial charge on any atom is -0.481 e. The van der Waals surface area contributed by atoms with Crippen LogP contribution in [0.25, 0.3) is 0 Å². The van der Waals surface area contributed by atoms with Crippen molar-refractivity contribution in [3.8, 4) is 11.8 Å². The second-order valence-corrected chi connectivity index (χ2v) is 6.56. The van der Waals surface area contributed by atoms with Crippen molar-refractivity contribution in [2.75, 3.05) is 13.2 Å². The number of carboxylic acids is 2. The van der Waals surface area contributed by atoms with Gasteiger partial charge in [0, 0.05) is 0 Å². The molecule has 0 aromatic heterocycles. The summed E-state index contributed by atoms with van der Waals surface area (Å²) in [6.07, 6.45) is 8.14. The Kier molecular flexibility index (Phi) is 7.81. The van der Waals surface area contributed by atoms with Crippen molar-refractivity contribution in [3.63, 3.8) is 0 Å². The van der Waals surface area contributed by atoms with E-state index in [1.165, 1.54) is 0 Å². The number of carbonyl (C=O) groups excluding carboxylic acids is 2. The molecular formula is C20H22O8. The molecule has 28 heavy (non-hydrogen) atoms. The molecule has 0 saturated carbocycles. The number of rotatable bonds is 6. The third kappa shape index (κ3) is 5.71. The van der Waals surface area contributed by atoms with Crippen LogP contribution in [0.2, 0.25) is 0 Å². The average molecular weight is 390 g/mol. The van der Waals surface area contributed by atoms with Crippen LogP contribution in [-0.4, -0.2) is 47.3 Å². The molecule has 0 unspecified atom stereocenters. The summed E-state index contributed by atoms with van der Waals surface area (Å²) < 4.78 is 9.99. The molecule has 2 aliphatic carbocycles. The second-order valence-electron chi connectivity index (χ2n) is 6.56. The van der Waals surface area contributed by atoms with Gasteiger partial charge in [-0.1, -0.05) is 36.1 Å². The van der Waals surface area contributed by atoms with E-state index < -0.39 is 47.5 Å². The lowest BCUT2D eigenvalue weighted by atomic mass is 9.83. The predicted octanol–water partition coefficient (Wildman–Crippen LogP) is 1.41. The molecule has 2 N–H and O–H groups in total. The standard InChI is InChI=1S/C20H22O8/c21-17(22)13-7-1-3-9-15(13)19(25)27-11-5-6-12-28-20(26)16-10-4-2-8-14(16)18(23)24/h1-4,13-16H,7-12H2,(H,21,22)(H,23,24)/t13-,14-,15+,16+/m1/s1. The van der Waals surface area contributed by atoms with Gasteiger partial charge in [0.25, 0.3) is 0 Å². The van der Waals surface area contributed by atoms with Crippen LogP contribution in [0.1, 0.15) is 25.7 Å². The first-order chi connectivity index (χ1) is 13.4. The smallest absolute Gasteiger partial charge is 0.311 e. The number of ether oxygens (including phenoxy) is 2. The zero-order chi connectivity index (χ0) is 20.5. The van der Waals surface area contributed by atoms with Crippen LogP contribution < -0.4 is 0 Å². The summed E-state index contributed by atoms with van der Waals surface area (Å²) in [7, 11) is 0. The molecule has 0 aliphatic heterocycles. The number of allylic oxidation sites excluding steroid dienone is 4. The van der Waals surface area contributed by atoms with Crippen molar-refractivity contribution in [1.29, 1.82) is 0 Å². The van der Waals surface area contributed by atoms with Crippen LogP contribution in [0, 0.1) is 35.5 Å². The maximum Gasteiger partial charge on any atom is 0.311 e. The van der Waals surface area contributed by atoms with Crippen LogP contribution in [0.5, 0.6) is 0 Å². The highest BCUT2D eigenvalue weighted by molar-refractivity contribution is 5.82. The Labute approximate surface area is 162 Å². The fourth-order valence-electron chi connectivity index (χ4n) is 3.23. The van der Waals surface area contributed by atoms with Crippen molar-refractivity contribution < 1.29 is 38.9 Å². The molecule has 0 heterocycles. The Morgan fingerprint density at radius 2 is 1.00 bits per heavy atom. The highest BCUT2D eigenvalue weighted by atomic mass is 16.5. The Hall–Kier alpha value is -3.08. The molecule has 0 fully saturated rings. The summed E-state index contributed by atoms with van der Waals surface area (Å²) >= 11 is 0. The zero-order valence-corrected chi connectivity index (χ0v) is 15.2. The van der Waals surface area contributed by atoms with E-state index >= 15 is 0 Å². The summed E-state index contributed by atoms with van der Waals surface area (Å²) in [4.78, 5) is 46.4. The molecule has 150 valence electrons. The fourth-order valence-corrected chi connectivity index (χ4v) is 3.23. The first-order valence-electron chi connectivity index (χ1n) is 8.96. The van der Waals surface area contributed by atoms with E-state index in [1.54, 1.807) is 24.3 Å². The minimum absolute atomic E-state index is 0.243. The van der Waals surface area contributed by atoms with Crippen LogP contribution in [0.3, 0.4) is 0 Å². The Bertz CT molecular complexity index is 679. The number of carbonyl (C=O) groups is 4. The van der Waals surface area contributed by atoms with E-state index in [-0.39, 0.29) is 26.1 Å². The molecule has 0 amide bonds. The first kappa shape index (κ1) is 21.2. The summed E-state index contributed by atoms with van der Waals surface area (Å²) in [5.74, 6) is -1.37. The van der Waals surface area contributed by atoms with E-state index in [4.69, 9.17) is 19.7 Å². The maximum atomic E-state index is 12.0. The minimum atomic E-state index is -1.04. The van der Waals surface area contributed by atoms with Crippen molar-refractivity contribution in [1.82, 2.24) is 0 Å². The average Bonchev–Trinajstić information content (AvgIpc) is 2.70. The van der Waals surface area contributed by atoms with Crippen molar-refractivity contribution in [2.45, 2.75) is 25.7 Å². The molecular weight excluding hydrogens is 368 g/mol. The lowest BCUT2D eigenvalue weighted by Crippen LogP contribution is -2.32. The van der Waals surface area contributed by atoms with Crippen LogP contribution in [0.15, 0.2) is 24.3 Å². The van der Waals surface area contributed by atoms with Gasteiger partial charge in [-0.25, -0.2) is 0 Å². The topological polar surface area (TPSA) is 127 Å². The van der Waals surface area contributed by atoms with E-state index in [0.29, 0.717) is 12.8 Å². The van der Waals surface area contributed by atoms with E-state index in [9.17, 15) is 19.2 Å². The molecule has 8 heteroatoms. The van der Waals surface area contributed by atoms with Gasteiger partial charge in [-0.15, -0.1) is 0 Å². The zero-order valence-electron chi connectivity index (χ0n) is 15.2. The Morgan fingerprint density at radius 1 is 0.679 bits per heavy atom. The molecule has 0 radical (unpaired) electrons. The van der Waals surface area contributed by atoms with Gasteiger partial charge in [0.2, 0.25) is 0 Å². The summed E-state index contributed by atoms with van der Waals surface area (Å²) in [6.45, 7) is -0.486. The molecule has 8 nitrogen and oxygen atoms in total. The third-order valence-corrected chi connectivity index (χ3v) is 4.80. The van der Waals surface area contributed by atoms with Gasteiger partial charge in [0.1, 0.15) is 0 Å². The molecule has 0 aromatic carbocycles. The number of hydrogen-bond donors (Lipinski definition) is 2. The molecule has 0 aromatic rings. The summed E-state index contributed by atoms with van der Waals surface area (Å²) in [5.41, 5.74) is 0. The summed E-state index contributed by atoms with van der Waals surface area (Å²) in [6, 6.07) is 0. The van der Waals surface area contributed by atoms with E-state index in [2.05, 4.69) is 11.8 Å². The summed E-state index contributed by atoms with van der Waals surface area (Å²) in [5, 5.41) is 18.3. The second kappa shape index (κ2) is 10.3. The molecule has 0 bridgehead atoms. The number of aliphatic carboxylic acids is 2. The monoisotopic (exact) mass is 390 g/mol. The largest absolute Gasteiger partial charge is 0.481 e. The lowest BCUT2D eigenvalue weighted by Gasteiger charge is -2.23. The van der Waals surface area contributed by atoms with Crippen molar-refractivity contribution in [3.05, 3.63) is 24.3 Å². The maximum absolute atomic E-state index is 12.0. The molecule has 2 rings (SSSR count). The highest BCUT2D eigenvalue weighted by Crippen LogP contribution is 2.27. The van der Waals surface area contributed by atoms with Crippen LogP contribution >= 0.6 is 0 Å². The van der Waals surface area contributed by atoms with Gasteiger partial charge in [0.05, 0.1) is 23.7 Å². The van der Waals surface area contributed by atoms with E-state index in [0.717, 1.165) is 0 Å². The molecule has 2 aliphatic rings. The number of carboxylic acid groups (broad SMARTS) is 2. The number of esters is 2. The van der Waals surface area contributed by atoms with Gasteiger partial charge < -0.3 is 19.7 Å². The normalized spacial score (nSPS) is 25.9. The molecule has 4 atom stereocenters. The third-order valence-electron chi connectivity index (χ3n) is 4.80. The van der Waals surface area contributed by atoms with Crippen LogP contribution in [-0.2, 0) is 28.7 Å². The molecule has 0 spiro atoms. The number of hydrogen-bond acceptors (Lipinski definition) is 6. The highest BCUT2D eigenvalue weighted by Gasteiger charge is 2.35. The lowest BCUT2D eigenvalue weighted by molar-refractivity contribution is -0.157. The first-order valence-corrected chi connectivity index (χ1v) is 8.96.